The van der Waals surface area contributed by atoms with E-state index in [1.54, 1.807) is 18.2 Å². The molecule has 26 heavy (non-hydrogen) atoms. The molecule has 2 aromatic rings. The van der Waals surface area contributed by atoms with Gasteiger partial charge < -0.3 is 15.0 Å². The van der Waals surface area contributed by atoms with E-state index >= 15 is 0 Å². The Kier molecular flexibility index (Phi) is 7.29. The minimum Gasteiger partial charge on any atom is -0.435 e. The summed E-state index contributed by atoms with van der Waals surface area (Å²) in [6.07, 6.45) is 1.74. The van der Waals surface area contributed by atoms with E-state index in [0.29, 0.717) is 12.1 Å². The quantitative estimate of drug-likeness (QED) is 0.559. The van der Waals surface area contributed by atoms with Gasteiger partial charge in [-0.05, 0) is 29.3 Å². The van der Waals surface area contributed by atoms with Crippen LogP contribution in [0.2, 0.25) is 0 Å². The van der Waals surface area contributed by atoms with Gasteiger partial charge in [-0.2, -0.15) is 8.78 Å². The second-order valence-electron chi connectivity index (χ2n) is 6.08. The van der Waals surface area contributed by atoms with Crippen LogP contribution in [-0.4, -0.2) is 39.7 Å². The summed E-state index contributed by atoms with van der Waals surface area (Å²) in [6, 6.07) is 15.5. The van der Waals surface area contributed by atoms with Crippen molar-refractivity contribution in [2.75, 3.05) is 27.2 Å². The van der Waals surface area contributed by atoms with Crippen molar-refractivity contribution in [1.82, 2.24) is 5.32 Å². The highest BCUT2D eigenvalue weighted by Gasteiger charge is 2.12. The van der Waals surface area contributed by atoms with Crippen LogP contribution in [0.5, 0.6) is 5.75 Å². The van der Waals surface area contributed by atoms with Crippen molar-refractivity contribution in [1.29, 1.82) is 0 Å². The molecule has 4 nitrogen and oxygen atoms in total. The van der Waals surface area contributed by atoms with E-state index in [1.807, 2.05) is 44.4 Å². The third-order valence-corrected chi connectivity index (χ3v) is 3.66. The van der Waals surface area contributed by atoms with Gasteiger partial charge in [0, 0.05) is 5.57 Å². The van der Waals surface area contributed by atoms with Gasteiger partial charge in [-0.1, -0.05) is 42.5 Å². The lowest BCUT2D eigenvalue weighted by Crippen LogP contribution is -3.06. The predicted molar refractivity (Wildman–Crippen MR) is 98.1 cm³/mol. The lowest BCUT2D eigenvalue weighted by atomic mass is 10.0. The van der Waals surface area contributed by atoms with Crippen molar-refractivity contribution in [3.8, 4) is 5.75 Å². The maximum absolute atomic E-state index is 12.6. The molecule has 0 fully saturated rings. The van der Waals surface area contributed by atoms with Gasteiger partial charge in [-0.25, -0.2) is 0 Å². The van der Waals surface area contributed by atoms with Crippen LogP contribution in [0, 0.1) is 0 Å². The van der Waals surface area contributed by atoms with E-state index in [9.17, 15) is 13.6 Å². The average molecular weight is 361 g/mol. The molecule has 0 heterocycles. The molecule has 0 unspecified atom stereocenters. The number of benzene rings is 2. The first-order chi connectivity index (χ1) is 12.5. The molecule has 0 aliphatic rings. The number of likely N-dealkylation sites (N-methyl/N-ethyl adjacent to an activating group) is 1. The first-order valence-corrected chi connectivity index (χ1v) is 8.35. The van der Waals surface area contributed by atoms with Crippen molar-refractivity contribution in [3.63, 3.8) is 0 Å². The smallest absolute Gasteiger partial charge is 0.387 e. The van der Waals surface area contributed by atoms with E-state index in [-0.39, 0.29) is 11.7 Å². The summed E-state index contributed by atoms with van der Waals surface area (Å²) in [5.74, 6) is -0.0952. The average Bonchev–Trinajstić information content (AvgIpc) is 2.61. The molecule has 0 aromatic heterocycles. The molecule has 0 saturated heterocycles. The van der Waals surface area contributed by atoms with Gasteiger partial charge in [0.1, 0.15) is 5.75 Å². The molecular weight excluding hydrogens is 338 g/mol. The zero-order valence-corrected chi connectivity index (χ0v) is 14.8. The fourth-order valence-electron chi connectivity index (χ4n) is 2.33. The fourth-order valence-corrected chi connectivity index (χ4v) is 2.33. The third-order valence-electron chi connectivity index (χ3n) is 3.66. The summed E-state index contributed by atoms with van der Waals surface area (Å²) in [5, 5.41) is 2.92. The highest BCUT2D eigenvalue weighted by molar-refractivity contribution is 6.24. The number of quaternary nitrogens is 1. The highest BCUT2D eigenvalue weighted by Crippen LogP contribution is 2.21. The van der Waals surface area contributed by atoms with Gasteiger partial charge in [0.15, 0.2) is 0 Å². The van der Waals surface area contributed by atoms with Gasteiger partial charge in [-0.3, -0.25) is 4.79 Å². The summed E-state index contributed by atoms with van der Waals surface area (Å²) in [7, 11) is 4.03. The van der Waals surface area contributed by atoms with Gasteiger partial charge in [-0.15, -0.1) is 0 Å². The Bertz CT molecular complexity index is 729. The second kappa shape index (κ2) is 9.68. The number of hydrogen-bond acceptors (Lipinski definition) is 2. The first-order valence-electron chi connectivity index (χ1n) is 8.35. The summed E-state index contributed by atoms with van der Waals surface area (Å²) in [6.45, 7) is -1.49. The Balaban J connectivity index is 2.22. The highest BCUT2D eigenvalue weighted by atomic mass is 19.3. The van der Waals surface area contributed by atoms with E-state index in [0.717, 1.165) is 17.7 Å². The van der Waals surface area contributed by atoms with E-state index < -0.39 is 6.61 Å². The SMILES string of the molecule is C[NH+](C)CCNC(=O)/C(=C/c1ccc(OC(F)F)cc1)c1ccccc1. The monoisotopic (exact) mass is 361 g/mol. The van der Waals surface area contributed by atoms with Gasteiger partial charge in [0.25, 0.3) is 5.91 Å². The number of halogens is 2. The number of carbonyl (C=O) groups excluding carboxylic acids is 1. The zero-order chi connectivity index (χ0) is 18.9. The number of carbonyl (C=O) groups is 1. The molecule has 2 rings (SSSR count). The Hall–Kier alpha value is -2.73. The molecule has 0 spiro atoms. The van der Waals surface area contributed by atoms with Crippen LogP contribution < -0.4 is 15.0 Å². The maximum atomic E-state index is 12.6. The molecule has 0 bridgehead atoms. The molecule has 0 radical (unpaired) electrons. The number of amides is 1. The summed E-state index contributed by atoms with van der Waals surface area (Å²) < 4.78 is 28.8. The Morgan fingerprint density at radius 3 is 2.35 bits per heavy atom. The van der Waals surface area contributed by atoms with Crippen LogP contribution in [0.15, 0.2) is 54.6 Å². The van der Waals surface area contributed by atoms with Crippen molar-refractivity contribution in [3.05, 3.63) is 65.7 Å². The third kappa shape index (κ3) is 6.29. The van der Waals surface area contributed by atoms with Crippen LogP contribution >= 0.6 is 0 Å². The molecule has 0 aliphatic heterocycles. The van der Waals surface area contributed by atoms with Crippen molar-refractivity contribution in [2.45, 2.75) is 6.61 Å². The van der Waals surface area contributed by atoms with E-state index in [4.69, 9.17) is 0 Å². The molecule has 0 saturated carbocycles. The lowest BCUT2D eigenvalue weighted by Gasteiger charge is -2.11. The van der Waals surface area contributed by atoms with E-state index in [1.165, 1.54) is 17.0 Å². The van der Waals surface area contributed by atoms with Crippen LogP contribution in [0.25, 0.3) is 11.6 Å². The van der Waals surface area contributed by atoms with Crippen LogP contribution in [-0.2, 0) is 4.79 Å². The first kappa shape index (κ1) is 19.6. The zero-order valence-electron chi connectivity index (χ0n) is 14.8. The fraction of sp³-hybridized carbons (Fsp3) is 0.250. The molecular formula is C20H23F2N2O2+. The van der Waals surface area contributed by atoms with Crippen LogP contribution in [0.1, 0.15) is 11.1 Å². The molecule has 138 valence electrons. The molecule has 1 amide bonds. The Morgan fingerprint density at radius 1 is 1.12 bits per heavy atom. The van der Waals surface area contributed by atoms with Crippen LogP contribution in [0.4, 0.5) is 8.78 Å². The normalized spacial score (nSPS) is 11.7. The number of hydrogen-bond donors (Lipinski definition) is 2. The lowest BCUT2D eigenvalue weighted by molar-refractivity contribution is -0.856. The van der Waals surface area contributed by atoms with Gasteiger partial charge in [0.05, 0.1) is 27.2 Å². The molecule has 2 N–H and O–H groups in total. The minimum atomic E-state index is -2.86. The summed E-state index contributed by atoms with van der Waals surface area (Å²) in [5.41, 5.74) is 2.02. The predicted octanol–water partition coefficient (Wildman–Crippen LogP) is 2.09. The number of alkyl halides is 2. The molecule has 6 heteroatoms. The topological polar surface area (TPSA) is 42.8 Å². The molecule has 0 atom stereocenters. The number of nitrogens with one attached hydrogen (secondary N) is 2. The van der Waals surface area contributed by atoms with Crippen molar-refractivity contribution >= 4 is 17.6 Å². The van der Waals surface area contributed by atoms with Crippen LogP contribution in [0.3, 0.4) is 0 Å². The molecule has 2 aromatic carbocycles. The minimum absolute atomic E-state index is 0.0804. The largest absolute Gasteiger partial charge is 0.435 e. The Labute approximate surface area is 152 Å². The maximum Gasteiger partial charge on any atom is 0.387 e. The number of rotatable bonds is 8. The summed E-state index contributed by atoms with van der Waals surface area (Å²) >= 11 is 0. The summed E-state index contributed by atoms with van der Waals surface area (Å²) in [4.78, 5) is 13.9. The van der Waals surface area contributed by atoms with Crippen molar-refractivity contribution in [2.24, 2.45) is 0 Å². The van der Waals surface area contributed by atoms with Crippen molar-refractivity contribution < 1.29 is 23.2 Å². The second-order valence-corrected chi connectivity index (χ2v) is 6.08. The number of ether oxygens (including phenoxy) is 1. The standard InChI is InChI=1S/C20H22F2N2O2/c1-24(2)13-12-23-19(25)18(16-6-4-3-5-7-16)14-15-8-10-17(11-9-15)26-20(21)22/h3-11,14,20H,12-13H2,1-2H3,(H,23,25)/p+1/b18-14+. The van der Waals surface area contributed by atoms with E-state index in [2.05, 4.69) is 10.1 Å². The molecule has 0 aliphatic carbocycles. The van der Waals surface area contributed by atoms with Gasteiger partial charge in [0.2, 0.25) is 0 Å². The Morgan fingerprint density at radius 2 is 1.77 bits per heavy atom. The van der Waals surface area contributed by atoms with Gasteiger partial charge >= 0.3 is 6.61 Å².